The second-order valence-corrected chi connectivity index (χ2v) is 6.35. The summed E-state index contributed by atoms with van der Waals surface area (Å²) in [5.41, 5.74) is -0.207. The minimum atomic E-state index is -4.51. The summed E-state index contributed by atoms with van der Waals surface area (Å²) in [5.74, 6) is -0.593. The van der Waals surface area contributed by atoms with Crippen LogP contribution in [0.15, 0.2) is 29.6 Å². The van der Waals surface area contributed by atoms with Crippen LogP contribution in [0.4, 0.5) is 18.0 Å². The summed E-state index contributed by atoms with van der Waals surface area (Å²) in [4.78, 5) is 29.6. The maximum absolute atomic E-state index is 12.8. The molecular weight excluding hydrogens is 343 g/mol. The molecule has 1 aromatic carbocycles. The minimum Gasteiger partial charge on any atom is -0.322 e. The van der Waals surface area contributed by atoms with Crippen LogP contribution >= 0.6 is 11.3 Å². The van der Waals surface area contributed by atoms with Crippen LogP contribution in [0, 0.1) is 6.92 Å². The Morgan fingerprint density at radius 3 is 2.71 bits per heavy atom. The Bertz CT molecular complexity index is 803. The zero-order valence-corrected chi connectivity index (χ0v) is 13.2. The third-order valence-corrected chi connectivity index (χ3v) is 4.38. The van der Waals surface area contributed by atoms with Gasteiger partial charge in [0.25, 0.3) is 5.91 Å². The number of halogens is 3. The molecule has 24 heavy (non-hydrogen) atoms. The highest BCUT2D eigenvalue weighted by Gasteiger charge is 2.40. The minimum absolute atomic E-state index is 0.00946. The molecule has 1 fully saturated rings. The Morgan fingerprint density at radius 2 is 2.08 bits per heavy atom. The summed E-state index contributed by atoms with van der Waals surface area (Å²) in [6.07, 6.45) is -4.51. The number of nitrogens with one attached hydrogen (secondary N) is 1. The molecule has 0 aliphatic carbocycles. The van der Waals surface area contributed by atoms with Gasteiger partial charge >= 0.3 is 12.2 Å². The lowest BCUT2D eigenvalue weighted by Gasteiger charge is -2.13. The Kier molecular flexibility index (Phi) is 4.04. The molecule has 1 atom stereocenters. The maximum atomic E-state index is 12.8. The van der Waals surface area contributed by atoms with Gasteiger partial charge in [0.15, 0.2) is 0 Å². The molecule has 0 spiro atoms. The quantitative estimate of drug-likeness (QED) is 0.860. The fraction of sp³-hybridized carbons (Fsp3) is 0.267. The average molecular weight is 355 g/mol. The Hall–Kier alpha value is -2.42. The van der Waals surface area contributed by atoms with Crippen molar-refractivity contribution in [3.63, 3.8) is 0 Å². The normalized spacial score (nSPS) is 18.2. The molecule has 0 bridgehead atoms. The molecule has 1 aromatic heterocycles. The average Bonchev–Trinajstić information content (AvgIpc) is 3.05. The van der Waals surface area contributed by atoms with Crippen molar-refractivity contribution in [1.29, 1.82) is 0 Å². The highest BCUT2D eigenvalue weighted by Crippen LogP contribution is 2.32. The molecule has 2 aromatic rings. The summed E-state index contributed by atoms with van der Waals surface area (Å²) in [7, 11) is 0. The number of nitrogens with zero attached hydrogens (tertiary/aromatic N) is 2. The SMILES string of the molecule is Cc1nc(CN2C(=O)NC(c3cccc(C(F)(F)F)c3)C2=O)cs1. The van der Waals surface area contributed by atoms with Gasteiger partial charge in [-0.25, -0.2) is 9.78 Å². The number of thiazole rings is 1. The van der Waals surface area contributed by atoms with E-state index in [4.69, 9.17) is 0 Å². The summed E-state index contributed by atoms with van der Waals surface area (Å²) in [5, 5.41) is 4.95. The Morgan fingerprint density at radius 1 is 1.33 bits per heavy atom. The lowest BCUT2D eigenvalue weighted by atomic mass is 10.0. The van der Waals surface area contributed by atoms with Crippen molar-refractivity contribution in [2.24, 2.45) is 0 Å². The highest BCUT2D eigenvalue weighted by molar-refractivity contribution is 7.09. The van der Waals surface area contributed by atoms with E-state index in [1.165, 1.54) is 23.5 Å². The lowest BCUT2D eigenvalue weighted by molar-refractivity contribution is -0.137. The summed E-state index contributed by atoms with van der Waals surface area (Å²) in [6, 6.07) is 2.62. The van der Waals surface area contributed by atoms with Crippen LogP contribution in [0.25, 0.3) is 0 Å². The second-order valence-electron chi connectivity index (χ2n) is 5.29. The van der Waals surface area contributed by atoms with E-state index in [1.54, 1.807) is 12.3 Å². The number of aryl methyl sites for hydroxylation is 1. The van der Waals surface area contributed by atoms with Crippen molar-refractivity contribution in [2.75, 3.05) is 0 Å². The van der Waals surface area contributed by atoms with Crippen LogP contribution in [0.1, 0.15) is 27.9 Å². The molecule has 1 aliphatic rings. The predicted octanol–water partition coefficient (Wildman–Crippen LogP) is 3.26. The van der Waals surface area contributed by atoms with E-state index in [0.717, 1.165) is 22.0 Å². The van der Waals surface area contributed by atoms with Crippen molar-refractivity contribution >= 4 is 23.3 Å². The number of carbonyl (C=O) groups excluding carboxylic acids is 2. The number of benzene rings is 1. The van der Waals surface area contributed by atoms with Crippen LogP contribution in [-0.4, -0.2) is 21.8 Å². The van der Waals surface area contributed by atoms with Crippen molar-refractivity contribution in [2.45, 2.75) is 25.7 Å². The van der Waals surface area contributed by atoms with Crippen molar-refractivity contribution in [3.8, 4) is 0 Å². The van der Waals surface area contributed by atoms with Crippen LogP contribution in [0.5, 0.6) is 0 Å². The maximum Gasteiger partial charge on any atom is 0.416 e. The van der Waals surface area contributed by atoms with Gasteiger partial charge in [-0.3, -0.25) is 9.69 Å². The first-order valence-corrected chi connectivity index (χ1v) is 7.83. The molecule has 2 heterocycles. The molecule has 1 unspecified atom stereocenters. The number of carbonyl (C=O) groups is 2. The van der Waals surface area contributed by atoms with Gasteiger partial charge < -0.3 is 5.32 Å². The lowest BCUT2D eigenvalue weighted by Crippen LogP contribution is -2.30. The van der Waals surface area contributed by atoms with Gasteiger partial charge in [-0.15, -0.1) is 11.3 Å². The van der Waals surface area contributed by atoms with Crippen molar-refractivity contribution in [1.82, 2.24) is 15.2 Å². The van der Waals surface area contributed by atoms with E-state index in [0.29, 0.717) is 5.69 Å². The monoisotopic (exact) mass is 355 g/mol. The molecule has 5 nitrogen and oxygen atoms in total. The number of imide groups is 1. The van der Waals surface area contributed by atoms with Gasteiger partial charge in [-0.2, -0.15) is 13.2 Å². The zero-order valence-electron chi connectivity index (χ0n) is 12.4. The summed E-state index contributed by atoms with van der Waals surface area (Å²) < 4.78 is 38.4. The summed E-state index contributed by atoms with van der Waals surface area (Å²) >= 11 is 1.39. The standard InChI is InChI=1S/C15H12F3N3O2S/c1-8-19-11(7-24-8)6-21-13(22)12(20-14(21)23)9-3-2-4-10(5-9)15(16,17)18/h2-5,7,12H,6H2,1H3,(H,20,23). The van der Waals surface area contributed by atoms with E-state index in [2.05, 4.69) is 10.3 Å². The van der Waals surface area contributed by atoms with Crippen LogP contribution in [0.2, 0.25) is 0 Å². The van der Waals surface area contributed by atoms with Gasteiger partial charge in [-0.05, 0) is 24.6 Å². The number of amides is 3. The molecular formula is C15H12F3N3O2S. The zero-order chi connectivity index (χ0) is 17.5. The third-order valence-electron chi connectivity index (χ3n) is 3.56. The number of hydrogen-bond acceptors (Lipinski definition) is 4. The first kappa shape index (κ1) is 16.4. The number of urea groups is 1. The van der Waals surface area contributed by atoms with Crippen LogP contribution in [-0.2, 0) is 17.5 Å². The molecule has 0 radical (unpaired) electrons. The third kappa shape index (κ3) is 3.12. The smallest absolute Gasteiger partial charge is 0.322 e. The second kappa shape index (κ2) is 5.90. The first-order valence-electron chi connectivity index (χ1n) is 6.96. The van der Waals surface area contributed by atoms with Crippen molar-refractivity contribution in [3.05, 3.63) is 51.5 Å². The number of aromatic nitrogens is 1. The largest absolute Gasteiger partial charge is 0.416 e. The van der Waals surface area contributed by atoms with Crippen LogP contribution < -0.4 is 5.32 Å². The van der Waals surface area contributed by atoms with Gasteiger partial charge in [0.05, 0.1) is 22.8 Å². The Balaban J connectivity index is 1.83. The summed E-state index contributed by atoms with van der Waals surface area (Å²) in [6.45, 7) is 1.79. The topological polar surface area (TPSA) is 62.3 Å². The first-order chi connectivity index (χ1) is 11.3. The van der Waals surface area contributed by atoms with Crippen molar-refractivity contribution < 1.29 is 22.8 Å². The molecule has 1 saturated heterocycles. The Labute approximate surface area is 139 Å². The molecule has 126 valence electrons. The van der Waals surface area contributed by atoms with E-state index < -0.39 is 29.7 Å². The van der Waals surface area contributed by atoms with Gasteiger partial charge in [0.2, 0.25) is 0 Å². The van der Waals surface area contributed by atoms with Gasteiger partial charge in [0.1, 0.15) is 6.04 Å². The number of rotatable bonds is 3. The molecule has 1 N–H and O–H groups in total. The molecule has 3 amide bonds. The van der Waals surface area contributed by atoms with Crippen LogP contribution in [0.3, 0.4) is 0 Å². The van der Waals surface area contributed by atoms with Gasteiger partial charge in [0, 0.05) is 5.38 Å². The number of alkyl halides is 3. The molecule has 0 saturated carbocycles. The van der Waals surface area contributed by atoms with E-state index in [-0.39, 0.29) is 12.1 Å². The fourth-order valence-electron chi connectivity index (χ4n) is 2.43. The molecule has 1 aliphatic heterocycles. The van der Waals surface area contributed by atoms with E-state index >= 15 is 0 Å². The van der Waals surface area contributed by atoms with Gasteiger partial charge in [-0.1, -0.05) is 12.1 Å². The number of hydrogen-bond donors (Lipinski definition) is 1. The van der Waals surface area contributed by atoms with E-state index in [9.17, 15) is 22.8 Å². The molecule has 3 rings (SSSR count). The highest BCUT2D eigenvalue weighted by atomic mass is 32.1. The predicted molar refractivity (Wildman–Crippen MR) is 80.1 cm³/mol. The molecule has 9 heteroatoms. The fourth-order valence-corrected chi connectivity index (χ4v) is 3.04. The van der Waals surface area contributed by atoms with E-state index in [1.807, 2.05) is 0 Å².